The van der Waals surface area contributed by atoms with Gasteiger partial charge in [-0.3, -0.25) is 4.79 Å². The van der Waals surface area contributed by atoms with Gasteiger partial charge in [-0.05, 0) is 46.3 Å². The molecule has 0 saturated carbocycles. The van der Waals surface area contributed by atoms with E-state index < -0.39 is 0 Å². The lowest BCUT2D eigenvalue weighted by atomic mass is 10.1. The van der Waals surface area contributed by atoms with Gasteiger partial charge in [0.2, 0.25) is 0 Å². The number of halogens is 1. The van der Waals surface area contributed by atoms with Crippen LogP contribution in [-0.2, 0) is 0 Å². The first-order valence-electron chi connectivity index (χ1n) is 6.32. The molecular formula is C16H11IN2OS. The summed E-state index contributed by atoms with van der Waals surface area (Å²) in [7, 11) is 0. The number of hydrogen-bond donors (Lipinski definition) is 1. The quantitative estimate of drug-likeness (QED) is 0.643. The molecule has 1 N–H and O–H groups in total. The molecule has 3 aromatic rings. The highest BCUT2D eigenvalue weighted by Gasteiger charge is 2.11. The van der Waals surface area contributed by atoms with Crippen molar-refractivity contribution in [3.05, 3.63) is 69.8 Å². The van der Waals surface area contributed by atoms with E-state index in [1.54, 1.807) is 0 Å². The second-order valence-corrected chi connectivity index (χ2v) is 6.34. The molecule has 104 valence electrons. The van der Waals surface area contributed by atoms with Crippen LogP contribution in [-0.4, -0.2) is 10.3 Å². The van der Waals surface area contributed by atoms with E-state index in [9.17, 15) is 4.79 Å². The van der Waals surface area contributed by atoms with Crippen LogP contribution < -0.4 is 5.32 Å². The van der Waals surface area contributed by atoms with Crippen LogP contribution in [0.25, 0.3) is 11.3 Å². The van der Waals surface area contributed by atoms with Crippen molar-refractivity contribution >= 4 is 45.0 Å². The molecule has 1 aromatic heterocycles. The lowest BCUT2D eigenvalue weighted by molar-refractivity contribution is 0.102. The smallest absolute Gasteiger partial charge is 0.257 e. The lowest BCUT2D eigenvalue weighted by Crippen LogP contribution is -2.12. The van der Waals surface area contributed by atoms with Crippen molar-refractivity contribution in [2.45, 2.75) is 0 Å². The van der Waals surface area contributed by atoms with Crippen molar-refractivity contribution in [2.24, 2.45) is 0 Å². The number of amides is 1. The highest BCUT2D eigenvalue weighted by atomic mass is 127. The summed E-state index contributed by atoms with van der Waals surface area (Å²) < 4.78 is 5.31. The van der Waals surface area contributed by atoms with Gasteiger partial charge in [0.1, 0.15) is 5.00 Å². The number of benzene rings is 2. The maximum atomic E-state index is 12.2. The normalized spacial score (nSPS) is 10.3. The van der Waals surface area contributed by atoms with Gasteiger partial charge in [0.05, 0.1) is 11.3 Å². The Kier molecular flexibility index (Phi) is 4.31. The predicted octanol–water partition coefficient (Wildman–Crippen LogP) is 4.67. The second-order valence-electron chi connectivity index (χ2n) is 4.38. The number of aromatic nitrogens is 1. The van der Waals surface area contributed by atoms with Gasteiger partial charge < -0.3 is 5.32 Å². The van der Waals surface area contributed by atoms with E-state index in [1.807, 2.05) is 60.7 Å². The molecule has 0 spiro atoms. The van der Waals surface area contributed by atoms with Gasteiger partial charge in [0.15, 0.2) is 0 Å². The zero-order valence-electron chi connectivity index (χ0n) is 10.9. The minimum Gasteiger partial charge on any atom is -0.312 e. The van der Waals surface area contributed by atoms with Gasteiger partial charge >= 0.3 is 0 Å². The summed E-state index contributed by atoms with van der Waals surface area (Å²) in [4.78, 5) is 12.2. The molecule has 0 aliphatic carbocycles. The number of nitrogens with zero attached hydrogens (tertiary/aromatic N) is 1. The van der Waals surface area contributed by atoms with Crippen molar-refractivity contribution in [1.29, 1.82) is 0 Å². The van der Waals surface area contributed by atoms with Crippen LogP contribution in [0.15, 0.2) is 60.7 Å². The molecule has 3 rings (SSSR count). The minimum atomic E-state index is -0.108. The fraction of sp³-hybridized carbons (Fsp3) is 0. The minimum absolute atomic E-state index is 0.108. The van der Waals surface area contributed by atoms with Crippen LogP contribution >= 0.6 is 34.1 Å². The summed E-state index contributed by atoms with van der Waals surface area (Å²) in [6, 6.07) is 19.3. The van der Waals surface area contributed by atoms with Gasteiger partial charge in [0, 0.05) is 15.2 Å². The maximum absolute atomic E-state index is 12.2. The molecule has 0 aliphatic rings. The maximum Gasteiger partial charge on any atom is 0.257 e. The fourth-order valence-electron chi connectivity index (χ4n) is 1.90. The summed E-state index contributed by atoms with van der Waals surface area (Å²) in [5, 5.41) is 3.65. The number of carbonyl (C=O) groups is 1. The molecule has 21 heavy (non-hydrogen) atoms. The fourth-order valence-corrected chi connectivity index (χ4v) is 3.19. The van der Waals surface area contributed by atoms with Crippen molar-refractivity contribution < 1.29 is 4.79 Å². The van der Waals surface area contributed by atoms with Gasteiger partial charge in [-0.15, -0.1) is 0 Å². The van der Waals surface area contributed by atoms with Crippen LogP contribution in [0.5, 0.6) is 0 Å². The Morgan fingerprint density at radius 2 is 1.76 bits per heavy atom. The van der Waals surface area contributed by atoms with Crippen molar-refractivity contribution in [3.8, 4) is 11.3 Å². The average Bonchev–Trinajstić information content (AvgIpc) is 2.97. The zero-order valence-corrected chi connectivity index (χ0v) is 13.9. The standard InChI is InChI=1S/C16H11IN2OS/c17-13-9-5-4-8-12(13)16(20)18-15-10-14(19-21-15)11-6-2-1-3-7-11/h1-10H,(H,18,20). The first-order valence-corrected chi connectivity index (χ1v) is 8.17. The van der Waals surface area contributed by atoms with Gasteiger partial charge in [0.25, 0.3) is 5.91 Å². The van der Waals surface area contributed by atoms with E-state index >= 15 is 0 Å². The van der Waals surface area contributed by atoms with Crippen LogP contribution in [0.3, 0.4) is 0 Å². The first-order chi connectivity index (χ1) is 10.2. The zero-order chi connectivity index (χ0) is 14.7. The molecular weight excluding hydrogens is 395 g/mol. The van der Waals surface area contributed by atoms with Crippen LogP contribution in [0.4, 0.5) is 5.00 Å². The first kappa shape index (κ1) is 14.2. The molecule has 0 radical (unpaired) electrons. The van der Waals surface area contributed by atoms with Crippen LogP contribution in [0, 0.1) is 3.57 Å². The number of nitrogens with one attached hydrogen (secondary N) is 1. The van der Waals surface area contributed by atoms with E-state index in [0.29, 0.717) is 5.56 Å². The molecule has 0 bridgehead atoms. The third-order valence-corrected chi connectivity index (χ3v) is 4.58. The Bertz CT molecular complexity index is 771. The molecule has 0 atom stereocenters. The number of rotatable bonds is 3. The summed E-state index contributed by atoms with van der Waals surface area (Å²) in [5.41, 5.74) is 2.59. The summed E-state index contributed by atoms with van der Waals surface area (Å²) in [5.74, 6) is -0.108. The second kappa shape index (κ2) is 6.36. The Balaban J connectivity index is 1.79. The van der Waals surface area contributed by atoms with Crippen LogP contribution in [0.2, 0.25) is 0 Å². The Hall–Kier alpha value is -1.73. The van der Waals surface area contributed by atoms with E-state index in [-0.39, 0.29) is 5.91 Å². The molecule has 1 heterocycles. The summed E-state index contributed by atoms with van der Waals surface area (Å²) in [6.07, 6.45) is 0. The molecule has 2 aromatic carbocycles. The molecule has 1 amide bonds. The molecule has 0 fully saturated rings. The Morgan fingerprint density at radius 1 is 1.05 bits per heavy atom. The summed E-state index contributed by atoms with van der Waals surface area (Å²) in [6.45, 7) is 0. The highest BCUT2D eigenvalue weighted by molar-refractivity contribution is 14.1. The van der Waals surface area contributed by atoms with Gasteiger partial charge in [-0.25, -0.2) is 0 Å². The number of hydrogen-bond acceptors (Lipinski definition) is 3. The third kappa shape index (κ3) is 3.30. The van der Waals surface area contributed by atoms with E-state index in [0.717, 1.165) is 19.8 Å². The molecule has 3 nitrogen and oxygen atoms in total. The largest absolute Gasteiger partial charge is 0.312 e. The van der Waals surface area contributed by atoms with Crippen molar-refractivity contribution in [1.82, 2.24) is 4.37 Å². The molecule has 0 saturated heterocycles. The average molecular weight is 406 g/mol. The van der Waals surface area contributed by atoms with Crippen molar-refractivity contribution in [3.63, 3.8) is 0 Å². The topological polar surface area (TPSA) is 42.0 Å². The van der Waals surface area contributed by atoms with E-state index in [2.05, 4.69) is 32.3 Å². The third-order valence-electron chi connectivity index (χ3n) is 2.93. The SMILES string of the molecule is O=C(Nc1cc(-c2ccccc2)ns1)c1ccccc1I. The molecule has 5 heteroatoms. The lowest BCUT2D eigenvalue weighted by Gasteiger charge is -2.03. The monoisotopic (exact) mass is 406 g/mol. The highest BCUT2D eigenvalue weighted by Crippen LogP contribution is 2.25. The molecule has 0 unspecified atom stereocenters. The number of carbonyl (C=O) groups excluding carboxylic acids is 1. The number of anilines is 1. The Morgan fingerprint density at radius 3 is 2.52 bits per heavy atom. The van der Waals surface area contributed by atoms with Gasteiger partial charge in [-0.1, -0.05) is 42.5 Å². The van der Waals surface area contributed by atoms with Crippen molar-refractivity contribution in [2.75, 3.05) is 5.32 Å². The van der Waals surface area contributed by atoms with Crippen LogP contribution in [0.1, 0.15) is 10.4 Å². The van der Waals surface area contributed by atoms with Gasteiger partial charge in [-0.2, -0.15) is 4.37 Å². The predicted molar refractivity (Wildman–Crippen MR) is 94.7 cm³/mol. The summed E-state index contributed by atoms with van der Waals surface area (Å²) >= 11 is 3.45. The molecule has 0 aliphatic heterocycles. The van der Waals surface area contributed by atoms with E-state index in [4.69, 9.17) is 0 Å². The van der Waals surface area contributed by atoms with E-state index in [1.165, 1.54) is 11.5 Å². The Labute approximate surface area is 140 Å².